The van der Waals surface area contributed by atoms with Gasteiger partial charge in [-0.1, -0.05) is 31.2 Å². The Kier molecular flexibility index (Phi) is 3.18. The molecule has 1 amide bonds. The average Bonchev–Trinajstić information content (AvgIpc) is 2.92. The summed E-state index contributed by atoms with van der Waals surface area (Å²) in [6, 6.07) is 13.6. The number of benzene rings is 2. The fourth-order valence-corrected chi connectivity index (χ4v) is 2.85. The number of fused-ring (bicyclic) bond motifs is 1. The highest BCUT2D eigenvalue weighted by Crippen LogP contribution is 2.33. The number of anilines is 2. The molecule has 0 unspecified atom stereocenters. The van der Waals surface area contributed by atoms with Gasteiger partial charge in [0.15, 0.2) is 0 Å². The Hall–Kier alpha value is -2.29. The summed E-state index contributed by atoms with van der Waals surface area (Å²) in [6.45, 7) is 2.78. The molecule has 0 saturated carbocycles. The van der Waals surface area contributed by atoms with Gasteiger partial charge in [-0.05, 0) is 36.6 Å². The van der Waals surface area contributed by atoms with Crippen molar-refractivity contribution in [2.24, 2.45) is 0 Å². The summed E-state index contributed by atoms with van der Waals surface area (Å²) in [7, 11) is 0. The molecule has 0 aromatic heterocycles. The summed E-state index contributed by atoms with van der Waals surface area (Å²) in [6.07, 6.45) is 1.70. The zero-order chi connectivity index (χ0) is 14.1. The molecule has 2 aromatic rings. The number of nitrogens with zero attached hydrogens (tertiary/aromatic N) is 1. The van der Waals surface area contributed by atoms with Gasteiger partial charge in [0.25, 0.3) is 5.91 Å². The second kappa shape index (κ2) is 5.00. The highest BCUT2D eigenvalue weighted by atomic mass is 16.2. The number of hydrogen-bond donors (Lipinski definition) is 1. The predicted octanol–water partition coefficient (Wildman–Crippen LogP) is 3.03. The van der Waals surface area contributed by atoms with Crippen molar-refractivity contribution in [3.8, 4) is 0 Å². The molecule has 3 rings (SSSR count). The number of nitrogen functional groups attached to an aromatic ring is 1. The van der Waals surface area contributed by atoms with Gasteiger partial charge in [-0.2, -0.15) is 0 Å². The first-order valence-corrected chi connectivity index (χ1v) is 6.99. The first-order valence-electron chi connectivity index (χ1n) is 6.99. The minimum absolute atomic E-state index is 0.0757. The summed E-state index contributed by atoms with van der Waals surface area (Å²) >= 11 is 0. The third-order valence-electron chi connectivity index (χ3n) is 3.94. The van der Waals surface area contributed by atoms with E-state index in [0.29, 0.717) is 6.54 Å². The molecule has 3 nitrogen and oxygen atoms in total. The fraction of sp³-hybridized carbons (Fsp3) is 0.235. The van der Waals surface area contributed by atoms with E-state index in [2.05, 4.69) is 6.92 Å². The Labute approximate surface area is 119 Å². The molecule has 102 valence electrons. The van der Waals surface area contributed by atoms with Gasteiger partial charge in [0, 0.05) is 29.0 Å². The van der Waals surface area contributed by atoms with Crippen molar-refractivity contribution in [1.82, 2.24) is 0 Å². The van der Waals surface area contributed by atoms with Gasteiger partial charge in [-0.25, -0.2) is 0 Å². The lowest BCUT2D eigenvalue weighted by Crippen LogP contribution is -2.29. The van der Waals surface area contributed by atoms with Crippen molar-refractivity contribution in [1.29, 1.82) is 0 Å². The first-order chi connectivity index (χ1) is 9.72. The number of rotatable bonds is 2. The largest absolute Gasteiger partial charge is 0.398 e. The lowest BCUT2D eigenvalue weighted by atomic mass is 10.0. The van der Waals surface area contributed by atoms with Gasteiger partial charge in [0.05, 0.1) is 0 Å². The molecule has 2 aromatic carbocycles. The minimum atomic E-state index is 0.0757. The van der Waals surface area contributed by atoms with Crippen LogP contribution in [0.4, 0.5) is 11.4 Å². The third-order valence-corrected chi connectivity index (χ3v) is 3.94. The fourth-order valence-electron chi connectivity index (χ4n) is 2.85. The molecule has 3 heteroatoms. The van der Waals surface area contributed by atoms with Crippen LogP contribution in [0.5, 0.6) is 0 Å². The van der Waals surface area contributed by atoms with Crippen LogP contribution < -0.4 is 10.6 Å². The second-order valence-corrected chi connectivity index (χ2v) is 5.06. The van der Waals surface area contributed by atoms with Gasteiger partial charge >= 0.3 is 0 Å². The lowest BCUT2D eigenvalue weighted by Gasteiger charge is -2.19. The molecule has 1 aliphatic rings. The van der Waals surface area contributed by atoms with Gasteiger partial charge in [0.2, 0.25) is 0 Å². The van der Waals surface area contributed by atoms with Gasteiger partial charge < -0.3 is 10.6 Å². The number of carbonyl (C=O) groups excluding carboxylic acids is 1. The normalized spacial score (nSPS) is 13.3. The monoisotopic (exact) mass is 266 g/mol. The SMILES string of the molecule is CCc1ccccc1C(=O)N1CCc2c(N)cccc21. The maximum atomic E-state index is 12.8. The highest BCUT2D eigenvalue weighted by Gasteiger charge is 2.27. The summed E-state index contributed by atoms with van der Waals surface area (Å²) in [5, 5.41) is 0. The van der Waals surface area contributed by atoms with Crippen molar-refractivity contribution in [2.45, 2.75) is 19.8 Å². The molecule has 2 N–H and O–H groups in total. The van der Waals surface area contributed by atoms with E-state index in [1.54, 1.807) is 0 Å². The molecule has 0 aliphatic carbocycles. The van der Waals surface area contributed by atoms with E-state index in [9.17, 15) is 4.79 Å². The summed E-state index contributed by atoms with van der Waals surface area (Å²) < 4.78 is 0. The van der Waals surface area contributed by atoms with Crippen LogP contribution in [-0.2, 0) is 12.8 Å². The lowest BCUT2D eigenvalue weighted by molar-refractivity contribution is 0.0988. The van der Waals surface area contributed by atoms with E-state index < -0.39 is 0 Å². The average molecular weight is 266 g/mol. The predicted molar refractivity (Wildman–Crippen MR) is 82.1 cm³/mol. The topological polar surface area (TPSA) is 46.3 Å². The van der Waals surface area contributed by atoms with Crippen molar-refractivity contribution in [3.63, 3.8) is 0 Å². The Morgan fingerprint density at radius 2 is 2.00 bits per heavy atom. The molecule has 0 atom stereocenters. The first kappa shape index (κ1) is 12.7. The number of hydrogen-bond acceptors (Lipinski definition) is 2. The second-order valence-electron chi connectivity index (χ2n) is 5.06. The Morgan fingerprint density at radius 1 is 1.20 bits per heavy atom. The third kappa shape index (κ3) is 1.95. The summed E-state index contributed by atoms with van der Waals surface area (Å²) in [5.41, 5.74) is 10.7. The maximum Gasteiger partial charge on any atom is 0.258 e. The van der Waals surface area contributed by atoms with Crippen LogP contribution in [0.3, 0.4) is 0 Å². The van der Waals surface area contributed by atoms with Gasteiger partial charge in [-0.3, -0.25) is 4.79 Å². The van der Waals surface area contributed by atoms with Crippen LogP contribution in [0, 0.1) is 0 Å². The van der Waals surface area contributed by atoms with Crippen molar-refractivity contribution in [3.05, 3.63) is 59.2 Å². The number of amides is 1. The molecule has 0 fully saturated rings. The van der Waals surface area contributed by atoms with E-state index in [1.807, 2.05) is 47.4 Å². The van der Waals surface area contributed by atoms with Crippen molar-refractivity contribution in [2.75, 3.05) is 17.2 Å². The molecule has 0 radical (unpaired) electrons. The van der Waals surface area contributed by atoms with E-state index in [1.165, 1.54) is 0 Å². The Balaban J connectivity index is 2.00. The molecule has 0 saturated heterocycles. The molecule has 1 aliphatic heterocycles. The van der Waals surface area contributed by atoms with E-state index in [4.69, 9.17) is 5.73 Å². The van der Waals surface area contributed by atoms with Gasteiger partial charge in [-0.15, -0.1) is 0 Å². The standard InChI is InChI=1S/C17H18N2O/c1-2-12-6-3-4-7-13(12)17(20)19-11-10-14-15(18)8-5-9-16(14)19/h3-9H,2,10-11,18H2,1H3. The van der Waals surface area contributed by atoms with Crippen LogP contribution in [-0.4, -0.2) is 12.5 Å². The molecular weight excluding hydrogens is 248 g/mol. The van der Waals surface area contributed by atoms with Crippen molar-refractivity contribution >= 4 is 17.3 Å². The Bertz CT molecular complexity index is 664. The molecular formula is C17H18N2O. The van der Waals surface area contributed by atoms with Gasteiger partial charge in [0.1, 0.15) is 0 Å². The smallest absolute Gasteiger partial charge is 0.258 e. The molecule has 0 spiro atoms. The van der Waals surface area contributed by atoms with Crippen LogP contribution in [0.1, 0.15) is 28.4 Å². The Morgan fingerprint density at radius 3 is 2.80 bits per heavy atom. The van der Waals surface area contributed by atoms with E-state index in [0.717, 1.165) is 40.9 Å². The van der Waals surface area contributed by atoms with E-state index >= 15 is 0 Å². The molecule has 1 heterocycles. The van der Waals surface area contributed by atoms with Crippen LogP contribution >= 0.6 is 0 Å². The summed E-state index contributed by atoms with van der Waals surface area (Å²) in [4.78, 5) is 14.6. The van der Waals surface area contributed by atoms with Crippen LogP contribution in [0.2, 0.25) is 0 Å². The zero-order valence-electron chi connectivity index (χ0n) is 11.6. The van der Waals surface area contributed by atoms with Crippen LogP contribution in [0.25, 0.3) is 0 Å². The summed E-state index contributed by atoms with van der Waals surface area (Å²) in [5.74, 6) is 0.0757. The molecule has 0 bridgehead atoms. The number of carbonyl (C=O) groups is 1. The molecule has 20 heavy (non-hydrogen) atoms. The number of nitrogens with two attached hydrogens (primary N) is 1. The quantitative estimate of drug-likeness (QED) is 0.849. The highest BCUT2D eigenvalue weighted by molar-refractivity contribution is 6.08. The number of aryl methyl sites for hydroxylation is 1. The minimum Gasteiger partial charge on any atom is -0.398 e. The zero-order valence-corrected chi connectivity index (χ0v) is 11.6. The van der Waals surface area contributed by atoms with Crippen LogP contribution in [0.15, 0.2) is 42.5 Å². The van der Waals surface area contributed by atoms with Crippen molar-refractivity contribution < 1.29 is 4.79 Å². The maximum absolute atomic E-state index is 12.8. The van der Waals surface area contributed by atoms with E-state index in [-0.39, 0.29) is 5.91 Å².